The first-order valence-corrected chi connectivity index (χ1v) is 8.03. The van der Waals surface area contributed by atoms with Crippen LogP contribution in [0.2, 0.25) is 0 Å². The monoisotopic (exact) mass is 348 g/mol. The summed E-state index contributed by atoms with van der Waals surface area (Å²) in [6, 6.07) is 11.0. The van der Waals surface area contributed by atoms with Crippen molar-refractivity contribution in [1.82, 2.24) is 30.0 Å². The van der Waals surface area contributed by atoms with Crippen molar-refractivity contribution in [3.63, 3.8) is 0 Å². The summed E-state index contributed by atoms with van der Waals surface area (Å²) in [5, 5.41) is 9.50. The Morgan fingerprint density at radius 2 is 2.12 bits per heavy atom. The Morgan fingerprint density at radius 1 is 1.23 bits per heavy atom. The van der Waals surface area contributed by atoms with E-state index < -0.39 is 0 Å². The molecule has 0 spiro atoms. The molecule has 8 nitrogen and oxygen atoms in total. The number of nitrogens with zero attached hydrogens (tertiary/aromatic N) is 3. The van der Waals surface area contributed by atoms with E-state index in [2.05, 4.69) is 25.5 Å². The normalized spacial score (nSPS) is 11.0. The van der Waals surface area contributed by atoms with Crippen molar-refractivity contribution in [1.29, 1.82) is 0 Å². The van der Waals surface area contributed by atoms with Crippen molar-refractivity contribution in [3.05, 3.63) is 70.5 Å². The van der Waals surface area contributed by atoms with Gasteiger partial charge in [-0.1, -0.05) is 12.1 Å². The van der Waals surface area contributed by atoms with E-state index in [-0.39, 0.29) is 11.6 Å². The van der Waals surface area contributed by atoms with Crippen molar-refractivity contribution in [3.8, 4) is 11.1 Å². The van der Waals surface area contributed by atoms with E-state index in [9.17, 15) is 9.59 Å². The molecule has 0 saturated carbocycles. The fraction of sp³-hybridized carbons (Fsp3) is 0.111. The molecule has 0 saturated heterocycles. The van der Waals surface area contributed by atoms with Crippen LogP contribution in [0, 0.1) is 0 Å². The first kappa shape index (κ1) is 15.8. The largest absolute Gasteiger partial charge is 0.346 e. The van der Waals surface area contributed by atoms with Crippen LogP contribution in [0.3, 0.4) is 0 Å². The molecule has 3 heterocycles. The average molecular weight is 348 g/mol. The first-order valence-electron chi connectivity index (χ1n) is 8.03. The van der Waals surface area contributed by atoms with E-state index in [4.69, 9.17) is 0 Å². The molecule has 26 heavy (non-hydrogen) atoms. The predicted octanol–water partition coefficient (Wildman–Crippen LogP) is 1.58. The molecule has 0 fully saturated rings. The Hall–Kier alpha value is -3.68. The summed E-state index contributed by atoms with van der Waals surface area (Å²) in [5.41, 5.74) is 4.09. The van der Waals surface area contributed by atoms with Gasteiger partial charge in [0, 0.05) is 30.6 Å². The van der Waals surface area contributed by atoms with Gasteiger partial charge in [-0.3, -0.25) is 19.4 Å². The number of carbonyl (C=O) groups is 1. The molecular weight excluding hydrogens is 332 g/mol. The number of imidazole rings is 1. The fourth-order valence-electron chi connectivity index (χ4n) is 2.76. The Bertz CT molecular complexity index is 1140. The van der Waals surface area contributed by atoms with Crippen molar-refractivity contribution in [2.45, 2.75) is 6.54 Å². The maximum atomic E-state index is 12.4. The van der Waals surface area contributed by atoms with Crippen molar-refractivity contribution in [2.24, 2.45) is 7.05 Å². The summed E-state index contributed by atoms with van der Waals surface area (Å²) >= 11 is 0. The lowest BCUT2D eigenvalue weighted by molar-refractivity contribution is 0.0950. The number of H-pyrrole nitrogens is 2. The van der Waals surface area contributed by atoms with Gasteiger partial charge >= 0.3 is 5.69 Å². The molecule has 3 N–H and O–H groups in total. The number of aromatic amines is 2. The summed E-state index contributed by atoms with van der Waals surface area (Å²) in [6.07, 6.45) is 3.32. The Labute approximate surface area is 147 Å². The van der Waals surface area contributed by atoms with E-state index >= 15 is 0 Å². The minimum absolute atomic E-state index is 0.176. The van der Waals surface area contributed by atoms with Crippen molar-refractivity contribution in [2.75, 3.05) is 0 Å². The number of benzene rings is 1. The zero-order valence-corrected chi connectivity index (χ0v) is 14.0. The third kappa shape index (κ3) is 2.88. The smallest absolute Gasteiger partial charge is 0.327 e. The van der Waals surface area contributed by atoms with Gasteiger partial charge in [0.2, 0.25) is 0 Å². The number of aryl methyl sites for hydroxylation is 1. The highest BCUT2D eigenvalue weighted by atomic mass is 16.2. The maximum absolute atomic E-state index is 12.4. The third-order valence-electron chi connectivity index (χ3n) is 4.21. The molecule has 4 aromatic rings. The van der Waals surface area contributed by atoms with Crippen molar-refractivity contribution < 1.29 is 4.79 Å². The molecule has 0 aliphatic carbocycles. The van der Waals surface area contributed by atoms with Gasteiger partial charge < -0.3 is 5.32 Å². The number of aromatic nitrogens is 5. The first-order chi connectivity index (χ1) is 12.6. The number of fused-ring (bicyclic) bond motifs is 1. The van der Waals surface area contributed by atoms with Crippen LogP contribution in [0.4, 0.5) is 0 Å². The lowest BCUT2D eigenvalue weighted by atomic mass is 10.0. The molecule has 3 aromatic heterocycles. The number of hydrogen-bond acceptors (Lipinski definition) is 4. The molecule has 130 valence electrons. The zero-order valence-electron chi connectivity index (χ0n) is 14.0. The summed E-state index contributed by atoms with van der Waals surface area (Å²) in [7, 11) is 1.69. The van der Waals surface area contributed by atoms with E-state index in [0.29, 0.717) is 23.3 Å². The van der Waals surface area contributed by atoms with Gasteiger partial charge in [-0.25, -0.2) is 9.78 Å². The summed E-state index contributed by atoms with van der Waals surface area (Å²) in [6.45, 7) is 0.377. The van der Waals surface area contributed by atoms with Crippen LogP contribution in [0.25, 0.3) is 22.3 Å². The molecule has 0 unspecified atom stereocenters. The molecule has 1 aromatic carbocycles. The highest BCUT2D eigenvalue weighted by Crippen LogP contribution is 2.22. The quantitative estimate of drug-likeness (QED) is 0.520. The molecule has 4 rings (SSSR count). The minimum Gasteiger partial charge on any atom is -0.346 e. The third-order valence-corrected chi connectivity index (χ3v) is 4.21. The zero-order chi connectivity index (χ0) is 18.1. The van der Waals surface area contributed by atoms with Gasteiger partial charge in [0.15, 0.2) is 5.65 Å². The Morgan fingerprint density at radius 3 is 2.92 bits per heavy atom. The van der Waals surface area contributed by atoms with E-state index in [1.807, 2.05) is 18.2 Å². The van der Waals surface area contributed by atoms with Crippen LogP contribution < -0.4 is 11.0 Å². The highest BCUT2D eigenvalue weighted by Gasteiger charge is 2.10. The molecule has 0 aliphatic heterocycles. The number of nitrogens with one attached hydrogen (secondary N) is 3. The van der Waals surface area contributed by atoms with Gasteiger partial charge in [0.05, 0.1) is 17.8 Å². The standard InChI is InChI=1S/C18H16N6O2/c1-24-15-8-13(9-19-16(15)22-18(24)26)11-3-2-4-12(7-11)17(25)20-10-14-5-6-21-23-14/h2-9H,10H2,1H3,(H,20,25)(H,21,23)(H,19,22,26). The number of rotatable bonds is 4. The van der Waals surface area contributed by atoms with E-state index in [1.165, 1.54) is 4.57 Å². The average Bonchev–Trinajstić information content (AvgIpc) is 3.28. The summed E-state index contributed by atoms with van der Waals surface area (Å²) < 4.78 is 1.51. The van der Waals surface area contributed by atoms with Crippen LogP contribution in [0.15, 0.2) is 53.6 Å². The van der Waals surface area contributed by atoms with Gasteiger partial charge in [0.1, 0.15) is 0 Å². The second-order valence-electron chi connectivity index (χ2n) is 5.93. The van der Waals surface area contributed by atoms with E-state index in [0.717, 1.165) is 16.8 Å². The molecule has 1 amide bonds. The minimum atomic E-state index is -0.211. The van der Waals surface area contributed by atoms with Gasteiger partial charge in [-0.05, 0) is 29.8 Å². The second-order valence-corrected chi connectivity index (χ2v) is 5.93. The SMILES string of the molecule is Cn1c(=O)[nH]c2ncc(-c3cccc(C(=O)NCc4ccn[nH]4)c3)cc21. The predicted molar refractivity (Wildman–Crippen MR) is 96.5 cm³/mol. The van der Waals surface area contributed by atoms with Crippen LogP contribution in [-0.2, 0) is 13.6 Å². The van der Waals surface area contributed by atoms with Crippen LogP contribution >= 0.6 is 0 Å². The fourth-order valence-corrected chi connectivity index (χ4v) is 2.76. The topological polar surface area (TPSA) is 108 Å². The molecule has 0 radical (unpaired) electrons. The Kier molecular flexibility index (Phi) is 3.85. The van der Waals surface area contributed by atoms with Gasteiger partial charge in [0.25, 0.3) is 5.91 Å². The molecule has 0 bridgehead atoms. The molecular formula is C18H16N6O2. The van der Waals surface area contributed by atoms with Crippen LogP contribution in [-0.4, -0.2) is 30.6 Å². The molecule has 0 atom stereocenters. The maximum Gasteiger partial charge on any atom is 0.327 e. The lowest BCUT2D eigenvalue weighted by Crippen LogP contribution is -2.22. The van der Waals surface area contributed by atoms with Crippen LogP contribution in [0.5, 0.6) is 0 Å². The number of amides is 1. The highest BCUT2D eigenvalue weighted by molar-refractivity contribution is 5.95. The number of carbonyl (C=O) groups excluding carboxylic acids is 1. The van der Waals surface area contributed by atoms with E-state index in [1.54, 1.807) is 37.6 Å². The van der Waals surface area contributed by atoms with Gasteiger partial charge in [-0.2, -0.15) is 5.10 Å². The number of hydrogen-bond donors (Lipinski definition) is 3. The summed E-state index contributed by atoms with van der Waals surface area (Å²) in [4.78, 5) is 31.1. The Balaban J connectivity index is 1.62. The molecule has 0 aliphatic rings. The van der Waals surface area contributed by atoms with Crippen molar-refractivity contribution >= 4 is 17.1 Å². The molecule has 8 heteroatoms. The number of pyridine rings is 1. The van der Waals surface area contributed by atoms with Crippen LogP contribution in [0.1, 0.15) is 16.1 Å². The summed E-state index contributed by atoms with van der Waals surface area (Å²) in [5.74, 6) is -0.176. The second kappa shape index (κ2) is 6.32. The lowest BCUT2D eigenvalue weighted by Gasteiger charge is -2.07. The van der Waals surface area contributed by atoms with Gasteiger partial charge in [-0.15, -0.1) is 0 Å².